The van der Waals surface area contributed by atoms with E-state index in [0.717, 1.165) is 42.9 Å². The quantitative estimate of drug-likeness (QED) is 0.568. The van der Waals surface area contributed by atoms with Crippen molar-refractivity contribution >= 4 is 0 Å². The lowest BCUT2D eigenvalue weighted by Crippen LogP contribution is -2.45. The number of hydrogen-bond donors (Lipinski definition) is 1. The van der Waals surface area contributed by atoms with E-state index in [4.69, 9.17) is 9.47 Å². The molecule has 1 heterocycles. The van der Waals surface area contributed by atoms with E-state index in [1.165, 1.54) is 6.07 Å². The van der Waals surface area contributed by atoms with Crippen molar-refractivity contribution in [1.29, 1.82) is 0 Å². The Morgan fingerprint density at radius 2 is 1.65 bits per heavy atom. The number of nitrogens with zero attached hydrogens (tertiary/aromatic N) is 1. The molecule has 0 saturated carbocycles. The third-order valence-electron chi connectivity index (χ3n) is 5.50. The maximum Gasteiger partial charge on any atom is 0.161 e. The zero-order chi connectivity index (χ0) is 21.5. The monoisotopic (exact) mass is 420 g/mol. The first-order valence-corrected chi connectivity index (χ1v) is 10.9. The van der Waals surface area contributed by atoms with Crippen LogP contribution in [0, 0.1) is 5.82 Å². The molecule has 3 aromatic carbocycles. The van der Waals surface area contributed by atoms with E-state index in [1.807, 2.05) is 55.5 Å². The molecule has 3 aromatic rings. The second-order valence-electron chi connectivity index (χ2n) is 7.66. The first kappa shape index (κ1) is 21.3. The van der Waals surface area contributed by atoms with Gasteiger partial charge in [-0.05, 0) is 47.9 Å². The molecule has 1 aliphatic rings. The second kappa shape index (κ2) is 10.4. The Labute approximate surface area is 183 Å². The van der Waals surface area contributed by atoms with Crippen LogP contribution in [0.2, 0.25) is 0 Å². The lowest BCUT2D eigenvalue weighted by Gasteiger charge is -2.35. The number of nitrogens with one attached hydrogen (secondary N) is 1. The number of benzene rings is 3. The highest BCUT2D eigenvalue weighted by Gasteiger charge is 2.25. The van der Waals surface area contributed by atoms with Crippen LogP contribution in [0.5, 0.6) is 11.5 Å². The summed E-state index contributed by atoms with van der Waals surface area (Å²) in [6.07, 6.45) is 0. The zero-order valence-electron chi connectivity index (χ0n) is 17.9. The van der Waals surface area contributed by atoms with E-state index >= 15 is 0 Å². The minimum absolute atomic E-state index is 0.0415. The van der Waals surface area contributed by atoms with Crippen LogP contribution in [0.25, 0.3) is 0 Å². The van der Waals surface area contributed by atoms with Crippen molar-refractivity contribution in [3.63, 3.8) is 0 Å². The van der Waals surface area contributed by atoms with Crippen molar-refractivity contribution in [3.8, 4) is 11.5 Å². The fourth-order valence-electron chi connectivity index (χ4n) is 4.05. The predicted octanol–water partition coefficient (Wildman–Crippen LogP) is 4.80. The van der Waals surface area contributed by atoms with Gasteiger partial charge in [0, 0.05) is 26.2 Å². The van der Waals surface area contributed by atoms with Gasteiger partial charge in [-0.1, -0.05) is 48.5 Å². The van der Waals surface area contributed by atoms with Crippen molar-refractivity contribution < 1.29 is 13.9 Å². The van der Waals surface area contributed by atoms with Crippen LogP contribution >= 0.6 is 0 Å². The molecule has 0 spiro atoms. The van der Waals surface area contributed by atoms with E-state index in [2.05, 4.69) is 16.3 Å². The third-order valence-corrected chi connectivity index (χ3v) is 5.50. The largest absolute Gasteiger partial charge is 0.490 e. The highest BCUT2D eigenvalue weighted by molar-refractivity contribution is 5.46. The molecule has 4 nitrogen and oxygen atoms in total. The van der Waals surface area contributed by atoms with Gasteiger partial charge >= 0.3 is 0 Å². The number of piperazine rings is 1. The fourth-order valence-corrected chi connectivity index (χ4v) is 4.05. The molecule has 1 aliphatic heterocycles. The Bertz CT molecular complexity index is 974. The third kappa shape index (κ3) is 5.43. The Kier molecular flexibility index (Phi) is 7.18. The van der Waals surface area contributed by atoms with Crippen LogP contribution in [-0.4, -0.2) is 37.7 Å². The highest BCUT2D eigenvalue weighted by Crippen LogP contribution is 2.36. The Balaban J connectivity index is 1.65. The maximum atomic E-state index is 14.1. The average Bonchev–Trinajstić information content (AvgIpc) is 2.80. The smallest absolute Gasteiger partial charge is 0.161 e. The minimum Gasteiger partial charge on any atom is -0.490 e. The molecule has 0 amide bonds. The van der Waals surface area contributed by atoms with Crippen molar-refractivity contribution in [3.05, 3.63) is 95.3 Å². The van der Waals surface area contributed by atoms with Crippen molar-refractivity contribution in [1.82, 2.24) is 10.2 Å². The SMILES string of the molecule is CCOc1cc(C(c2cccc(F)c2)N2CCNCC2)ccc1OCc1ccccc1. The molecule has 1 N–H and O–H groups in total. The van der Waals surface area contributed by atoms with Gasteiger partial charge in [0.15, 0.2) is 11.5 Å². The molecule has 0 aliphatic carbocycles. The predicted molar refractivity (Wildman–Crippen MR) is 121 cm³/mol. The van der Waals surface area contributed by atoms with Gasteiger partial charge < -0.3 is 14.8 Å². The van der Waals surface area contributed by atoms with Gasteiger partial charge in [-0.2, -0.15) is 0 Å². The van der Waals surface area contributed by atoms with Crippen molar-refractivity contribution in [2.45, 2.75) is 19.6 Å². The lowest BCUT2D eigenvalue weighted by atomic mass is 9.96. The first-order chi connectivity index (χ1) is 15.2. The molecule has 0 radical (unpaired) electrons. The molecule has 0 bridgehead atoms. The molecule has 1 unspecified atom stereocenters. The Morgan fingerprint density at radius 1 is 0.871 bits per heavy atom. The molecular weight excluding hydrogens is 391 g/mol. The molecule has 5 heteroatoms. The van der Waals surface area contributed by atoms with Crippen molar-refractivity contribution in [2.24, 2.45) is 0 Å². The highest BCUT2D eigenvalue weighted by atomic mass is 19.1. The van der Waals surface area contributed by atoms with Gasteiger partial charge in [0.2, 0.25) is 0 Å². The number of ether oxygens (including phenoxy) is 2. The van der Waals surface area contributed by atoms with E-state index in [-0.39, 0.29) is 11.9 Å². The molecule has 0 aromatic heterocycles. The maximum absolute atomic E-state index is 14.1. The van der Waals surface area contributed by atoms with E-state index < -0.39 is 0 Å². The summed E-state index contributed by atoms with van der Waals surface area (Å²) in [6.45, 7) is 6.63. The lowest BCUT2D eigenvalue weighted by molar-refractivity contribution is 0.197. The summed E-state index contributed by atoms with van der Waals surface area (Å²) in [7, 11) is 0. The Hall–Kier alpha value is -2.89. The van der Waals surface area contributed by atoms with Gasteiger partial charge in [-0.3, -0.25) is 4.90 Å². The molecular formula is C26H29FN2O2. The van der Waals surface area contributed by atoms with Crippen LogP contribution in [0.15, 0.2) is 72.8 Å². The molecule has 162 valence electrons. The van der Waals surface area contributed by atoms with Gasteiger partial charge in [-0.25, -0.2) is 4.39 Å². The molecule has 1 atom stereocenters. The molecule has 31 heavy (non-hydrogen) atoms. The summed E-state index contributed by atoms with van der Waals surface area (Å²) in [6, 6.07) is 23.0. The standard InChI is InChI=1S/C26H29FN2O2/c1-2-30-25-18-22(11-12-24(25)31-19-20-7-4-3-5-8-20)26(29-15-13-28-14-16-29)21-9-6-10-23(27)17-21/h3-12,17-18,26,28H,2,13-16,19H2,1H3. The molecule has 1 saturated heterocycles. The van der Waals surface area contributed by atoms with E-state index in [0.29, 0.717) is 24.7 Å². The second-order valence-corrected chi connectivity index (χ2v) is 7.66. The number of rotatable bonds is 8. The summed E-state index contributed by atoms with van der Waals surface area (Å²) < 4.78 is 26.1. The van der Waals surface area contributed by atoms with Crippen LogP contribution in [0.1, 0.15) is 29.7 Å². The van der Waals surface area contributed by atoms with Gasteiger partial charge in [-0.15, -0.1) is 0 Å². The Morgan fingerprint density at radius 3 is 2.39 bits per heavy atom. The van der Waals surface area contributed by atoms with Crippen LogP contribution in [0.3, 0.4) is 0 Å². The minimum atomic E-state index is -0.217. The summed E-state index contributed by atoms with van der Waals surface area (Å²) in [5, 5.41) is 3.40. The first-order valence-electron chi connectivity index (χ1n) is 10.9. The number of hydrogen-bond acceptors (Lipinski definition) is 4. The van der Waals surface area contributed by atoms with Crippen LogP contribution in [0.4, 0.5) is 4.39 Å². The number of halogens is 1. The van der Waals surface area contributed by atoms with E-state index in [9.17, 15) is 4.39 Å². The van der Waals surface area contributed by atoms with Gasteiger partial charge in [0.1, 0.15) is 12.4 Å². The van der Waals surface area contributed by atoms with Gasteiger partial charge in [0.25, 0.3) is 0 Å². The van der Waals surface area contributed by atoms with Crippen molar-refractivity contribution in [2.75, 3.05) is 32.8 Å². The van der Waals surface area contributed by atoms with Crippen LogP contribution < -0.4 is 14.8 Å². The summed E-state index contributed by atoms with van der Waals surface area (Å²) in [5.41, 5.74) is 3.12. The summed E-state index contributed by atoms with van der Waals surface area (Å²) >= 11 is 0. The normalized spacial score (nSPS) is 15.4. The van der Waals surface area contributed by atoms with E-state index in [1.54, 1.807) is 12.1 Å². The average molecular weight is 421 g/mol. The summed E-state index contributed by atoms with van der Waals surface area (Å²) in [4.78, 5) is 2.39. The topological polar surface area (TPSA) is 33.7 Å². The van der Waals surface area contributed by atoms with Gasteiger partial charge in [0.05, 0.1) is 12.6 Å². The molecule has 1 fully saturated rings. The zero-order valence-corrected chi connectivity index (χ0v) is 17.9. The van der Waals surface area contributed by atoms with Crippen LogP contribution in [-0.2, 0) is 6.61 Å². The summed E-state index contributed by atoms with van der Waals surface area (Å²) in [5.74, 6) is 1.21. The molecule has 4 rings (SSSR count). The fraction of sp³-hybridized carbons (Fsp3) is 0.308.